The van der Waals surface area contributed by atoms with Crippen molar-refractivity contribution < 1.29 is 4.39 Å². The molecule has 0 radical (unpaired) electrons. The second kappa shape index (κ2) is 4.86. The lowest BCUT2D eigenvalue weighted by molar-refractivity contribution is 0.408. The molecule has 0 aliphatic carbocycles. The van der Waals surface area contributed by atoms with Crippen molar-refractivity contribution in [2.45, 2.75) is 25.3 Å². The smallest absolute Gasteiger partial charge is 0.123 e. The third-order valence-electron chi connectivity index (χ3n) is 3.31. The molecule has 1 aromatic heterocycles. The fraction of sp³-hybridized carbons (Fsp3) is 0.267. The molecule has 94 valence electrons. The van der Waals surface area contributed by atoms with Crippen molar-refractivity contribution in [3.63, 3.8) is 0 Å². The summed E-state index contributed by atoms with van der Waals surface area (Å²) in [5.41, 5.74) is 7.60. The van der Waals surface area contributed by atoms with Crippen molar-refractivity contribution >= 4 is 0 Å². The lowest BCUT2D eigenvalue weighted by Crippen LogP contribution is -2.34. The summed E-state index contributed by atoms with van der Waals surface area (Å²) in [6, 6.07) is 11.9. The van der Waals surface area contributed by atoms with Crippen LogP contribution in [0, 0.1) is 5.82 Å². The van der Waals surface area contributed by atoms with E-state index in [9.17, 15) is 4.39 Å². The molecule has 2 nitrogen and oxygen atoms in total. The van der Waals surface area contributed by atoms with Crippen molar-refractivity contribution in [2.24, 2.45) is 5.73 Å². The topological polar surface area (TPSA) is 38.9 Å². The van der Waals surface area contributed by atoms with E-state index in [-0.39, 0.29) is 17.3 Å². The number of aromatic nitrogens is 1. The van der Waals surface area contributed by atoms with Gasteiger partial charge < -0.3 is 5.73 Å². The molecule has 2 aromatic rings. The predicted octanol–water partition coefficient (Wildman–Crippen LogP) is 3.20. The molecule has 0 saturated heterocycles. The first kappa shape index (κ1) is 12.7. The van der Waals surface area contributed by atoms with Gasteiger partial charge in [-0.2, -0.15) is 0 Å². The molecule has 2 rings (SSSR count). The van der Waals surface area contributed by atoms with Gasteiger partial charge in [-0.05, 0) is 29.8 Å². The summed E-state index contributed by atoms with van der Waals surface area (Å²) in [5, 5.41) is 0. The Hall–Kier alpha value is -1.74. The minimum atomic E-state index is -0.352. The van der Waals surface area contributed by atoms with Gasteiger partial charge in [-0.15, -0.1) is 0 Å². The van der Waals surface area contributed by atoms with Gasteiger partial charge in [0, 0.05) is 23.3 Å². The highest BCUT2D eigenvalue weighted by Gasteiger charge is 2.31. The quantitative estimate of drug-likeness (QED) is 0.900. The Morgan fingerprint density at radius 1 is 1.17 bits per heavy atom. The third-order valence-corrected chi connectivity index (χ3v) is 3.31. The largest absolute Gasteiger partial charge is 0.323 e. The summed E-state index contributed by atoms with van der Waals surface area (Å²) in [5.74, 6) is -0.264. The van der Waals surface area contributed by atoms with Gasteiger partial charge in [-0.3, -0.25) is 4.98 Å². The summed E-state index contributed by atoms with van der Waals surface area (Å²) in [7, 11) is 0. The average Bonchev–Trinajstić information content (AvgIpc) is 2.39. The zero-order valence-electron chi connectivity index (χ0n) is 10.6. The average molecular weight is 244 g/mol. The highest BCUT2D eigenvalue weighted by atomic mass is 19.1. The van der Waals surface area contributed by atoms with Crippen LogP contribution in [0.4, 0.5) is 4.39 Å². The number of rotatable bonds is 3. The molecule has 0 saturated carbocycles. The van der Waals surface area contributed by atoms with Crippen LogP contribution in [0.25, 0.3) is 0 Å². The lowest BCUT2D eigenvalue weighted by Gasteiger charge is -2.31. The molecule has 0 fully saturated rings. The van der Waals surface area contributed by atoms with Crippen molar-refractivity contribution in [1.82, 2.24) is 4.98 Å². The first-order chi connectivity index (χ1) is 8.51. The zero-order valence-corrected chi connectivity index (χ0v) is 10.6. The molecule has 0 amide bonds. The third kappa shape index (κ3) is 2.41. The summed E-state index contributed by atoms with van der Waals surface area (Å²) >= 11 is 0. The Morgan fingerprint density at radius 3 is 2.56 bits per heavy atom. The van der Waals surface area contributed by atoms with Crippen molar-refractivity contribution in [1.29, 1.82) is 0 Å². The molecule has 0 aliphatic rings. The zero-order chi connectivity index (χ0) is 13.2. The number of benzene rings is 1. The lowest BCUT2D eigenvalue weighted by atomic mass is 9.78. The van der Waals surface area contributed by atoms with Crippen molar-refractivity contribution in [3.8, 4) is 0 Å². The molecule has 1 unspecified atom stereocenters. The van der Waals surface area contributed by atoms with Crippen LogP contribution in [0.5, 0.6) is 0 Å². The van der Waals surface area contributed by atoms with E-state index in [2.05, 4.69) is 4.98 Å². The summed E-state index contributed by atoms with van der Waals surface area (Å²) in [6.07, 6.45) is 1.75. The predicted molar refractivity (Wildman–Crippen MR) is 70.6 cm³/mol. The van der Waals surface area contributed by atoms with Gasteiger partial charge in [-0.25, -0.2) is 4.39 Å². The molecule has 18 heavy (non-hydrogen) atoms. The first-order valence-corrected chi connectivity index (χ1v) is 5.94. The monoisotopic (exact) mass is 244 g/mol. The second-order valence-corrected chi connectivity index (χ2v) is 4.97. The van der Waals surface area contributed by atoms with Gasteiger partial charge >= 0.3 is 0 Å². The molecular weight excluding hydrogens is 227 g/mol. The van der Waals surface area contributed by atoms with E-state index < -0.39 is 0 Å². The molecule has 3 heteroatoms. The van der Waals surface area contributed by atoms with Crippen LogP contribution in [0.1, 0.15) is 31.1 Å². The molecule has 0 aliphatic heterocycles. The van der Waals surface area contributed by atoms with E-state index in [4.69, 9.17) is 5.73 Å². The minimum Gasteiger partial charge on any atom is -0.323 e. The maximum atomic E-state index is 13.2. The van der Waals surface area contributed by atoms with Crippen LogP contribution in [0.3, 0.4) is 0 Å². The van der Waals surface area contributed by atoms with Crippen molar-refractivity contribution in [2.75, 3.05) is 0 Å². The van der Waals surface area contributed by atoms with Gasteiger partial charge in [0.05, 0.1) is 0 Å². The Bertz CT molecular complexity index is 523. The van der Waals surface area contributed by atoms with Gasteiger partial charge in [0.2, 0.25) is 0 Å². The van der Waals surface area contributed by atoms with Gasteiger partial charge in [0.25, 0.3) is 0 Å². The van der Waals surface area contributed by atoms with Gasteiger partial charge in [0.15, 0.2) is 0 Å². The van der Waals surface area contributed by atoms with Crippen molar-refractivity contribution in [3.05, 3.63) is 65.7 Å². The van der Waals surface area contributed by atoms with E-state index in [1.807, 2.05) is 38.1 Å². The van der Waals surface area contributed by atoms with Crippen LogP contribution in [0.15, 0.2) is 48.7 Å². The standard InChI is InChI=1S/C15H17FN2/c1-15(2,13-8-3-4-9-18-13)14(17)11-6-5-7-12(16)10-11/h3-10,14H,17H2,1-2H3. The Balaban J connectivity index is 2.36. The fourth-order valence-electron chi connectivity index (χ4n) is 2.02. The number of hydrogen-bond acceptors (Lipinski definition) is 2. The maximum absolute atomic E-state index is 13.2. The molecule has 2 N–H and O–H groups in total. The number of halogens is 1. The first-order valence-electron chi connectivity index (χ1n) is 5.94. The Morgan fingerprint density at radius 2 is 1.94 bits per heavy atom. The van der Waals surface area contributed by atoms with E-state index in [0.717, 1.165) is 11.3 Å². The van der Waals surface area contributed by atoms with Crippen LogP contribution < -0.4 is 5.73 Å². The van der Waals surface area contributed by atoms with Gasteiger partial charge in [0.1, 0.15) is 5.82 Å². The Labute approximate surface area is 107 Å². The van der Waals surface area contributed by atoms with E-state index in [0.29, 0.717) is 0 Å². The van der Waals surface area contributed by atoms with Crippen LogP contribution in [0.2, 0.25) is 0 Å². The Kier molecular flexibility index (Phi) is 3.43. The second-order valence-electron chi connectivity index (χ2n) is 4.97. The number of nitrogens with zero attached hydrogens (tertiary/aromatic N) is 1. The number of hydrogen-bond donors (Lipinski definition) is 1. The van der Waals surface area contributed by atoms with Crippen LogP contribution in [-0.4, -0.2) is 4.98 Å². The number of pyridine rings is 1. The summed E-state index contributed by atoms with van der Waals surface area (Å²) in [6.45, 7) is 4.04. The van der Waals surface area contributed by atoms with E-state index >= 15 is 0 Å². The number of nitrogens with two attached hydrogens (primary N) is 1. The highest BCUT2D eigenvalue weighted by molar-refractivity contribution is 5.28. The minimum absolute atomic E-state index is 0.264. The highest BCUT2D eigenvalue weighted by Crippen LogP contribution is 2.33. The molecule has 1 atom stereocenters. The summed E-state index contributed by atoms with van der Waals surface area (Å²) < 4.78 is 13.2. The molecular formula is C15H17FN2. The molecule has 1 heterocycles. The van der Waals surface area contributed by atoms with E-state index in [1.54, 1.807) is 12.3 Å². The molecule has 0 spiro atoms. The summed E-state index contributed by atoms with van der Waals surface area (Å²) in [4.78, 5) is 4.35. The SMILES string of the molecule is CC(C)(c1ccccn1)C(N)c1cccc(F)c1. The molecule has 0 bridgehead atoms. The van der Waals surface area contributed by atoms with Crippen LogP contribution in [-0.2, 0) is 5.41 Å². The maximum Gasteiger partial charge on any atom is 0.123 e. The normalized spacial score (nSPS) is 13.3. The van der Waals surface area contributed by atoms with Crippen LogP contribution >= 0.6 is 0 Å². The molecule has 1 aromatic carbocycles. The van der Waals surface area contributed by atoms with E-state index in [1.165, 1.54) is 12.1 Å². The van der Waals surface area contributed by atoms with Gasteiger partial charge in [-0.1, -0.05) is 32.0 Å². The fourth-order valence-corrected chi connectivity index (χ4v) is 2.02.